The van der Waals surface area contributed by atoms with Gasteiger partial charge in [0.25, 0.3) is 5.69 Å². The van der Waals surface area contributed by atoms with E-state index < -0.39 is 16.8 Å². The zero-order chi connectivity index (χ0) is 10.7. The molecule has 0 fully saturated rings. The molecule has 0 heterocycles. The summed E-state index contributed by atoms with van der Waals surface area (Å²) >= 11 is 0. The summed E-state index contributed by atoms with van der Waals surface area (Å²) < 4.78 is 12.7. The Hall–Kier alpha value is -1.53. The van der Waals surface area contributed by atoms with Crippen molar-refractivity contribution in [3.63, 3.8) is 0 Å². The van der Waals surface area contributed by atoms with E-state index in [1.165, 1.54) is 6.07 Å². The van der Waals surface area contributed by atoms with Crippen molar-refractivity contribution in [3.8, 4) is 0 Å². The van der Waals surface area contributed by atoms with Gasteiger partial charge in [-0.1, -0.05) is 0 Å². The SMILES string of the molecule is NC[C@H](N)c1ccc(F)cc1[N+](=O)[O-]. The van der Waals surface area contributed by atoms with Crippen LogP contribution in [0.5, 0.6) is 0 Å². The van der Waals surface area contributed by atoms with Gasteiger partial charge in [-0.25, -0.2) is 4.39 Å². The predicted octanol–water partition coefficient (Wildman–Crippen LogP) is 0.692. The van der Waals surface area contributed by atoms with Crippen LogP contribution >= 0.6 is 0 Å². The molecule has 0 bridgehead atoms. The lowest BCUT2D eigenvalue weighted by Crippen LogP contribution is -2.21. The molecule has 0 unspecified atom stereocenters. The number of hydrogen-bond acceptors (Lipinski definition) is 4. The Balaban J connectivity index is 3.21. The maximum Gasteiger partial charge on any atom is 0.277 e. The Kier molecular flexibility index (Phi) is 3.10. The van der Waals surface area contributed by atoms with Gasteiger partial charge in [0, 0.05) is 18.2 Å². The summed E-state index contributed by atoms with van der Waals surface area (Å²) in [5.41, 5.74) is 10.7. The molecule has 1 aromatic rings. The predicted molar refractivity (Wildman–Crippen MR) is 49.0 cm³/mol. The Morgan fingerprint density at radius 2 is 2.21 bits per heavy atom. The number of nitro groups is 1. The van der Waals surface area contributed by atoms with Crippen molar-refractivity contribution >= 4 is 5.69 Å². The first-order valence-electron chi connectivity index (χ1n) is 3.95. The minimum absolute atomic E-state index is 0.0759. The van der Waals surface area contributed by atoms with E-state index in [2.05, 4.69) is 0 Å². The molecule has 0 radical (unpaired) electrons. The van der Waals surface area contributed by atoms with E-state index in [4.69, 9.17) is 11.5 Å². The van der Waals surface area contributed by atoms with Crippen molar-refractivity contribution in [3.05, 3.63) is 39.7 Å². The van der Waals surface area contributed by atoms with Gasteiger partial charge in [-0.3, -0.25) is 10.1 Å². The van der Waals surface area contributed by atoms with E-state index in [0.717, 1.165) is 12.1 Å². The zero-order valence-corrected chi connectivity index (χ0v) is 7.31. The molecule has 1 aromatic carbocycles. The maximum absolute atomic E-state index is 12.7. The third-order valence-corrected chi connectivity index (χ3v) is 1.84. The lowest BCUT2D eigenvalue weighted by Gasteiger charge is -2.08. The molecule has 14 heavy (non-hydrogen) atoms. The topological polar surface area (TPSA) is 95.2 Å². The molecule has 0 spiro atoms. The van der Waals surface area contributed by atoms with Crippen LogP contribution in [0.3, 0.4) is 0 Å². The monoisotopic (exact) mass is 199 g/mol. The molecule has 0 saturated heterocycles. The van der Waals surface area contributed by atoms with Crippen molar-refractivity contribution in [2.24, 2.45) is 11.5 Å². The van der Waals surface area contributed by atoms with Crippen LogP contribution in [-0.2, 0) is 0 Å². The second-order valence-electron chi connectivity index (χ2n) is 2.80. The van der Waals surface area contributed by atoms with Gasteiger partial charge in [0.2, 0.25) is 0 Å². The van der Waals surface area contributed by atoms with E-state index >= 15 is 0 Å². The smallest absolute Gasteiger partial charge is 0.277 e. The van der Waals surface area contributed by atoms with E-state index in [1.807, 2.05) is 0 Å². The fraction of sp³-hybridized carbons (Fsp3) is 0.250. The average Bonchev–Trinajstić information content (AvgIpc) is 2.16. The Labute approximate surface area is 79.7 Å². The van der Waals surface area contributed by atoms with Gasteiger partial charge in [0.15, 0.2) is 0 Å². The first-order chi connectivity index (χ1) is 6.56. The Morgan fingerprint density at radius 1 is 1.57 bits per heavy atom. The quantitative estimate of drug-likeness (QED) is 0.553. The molecule has 0 aromatic heterocycles. The summed E-state index contributed by atoms with van der Waals surface area (Å²) in [7, 11) is 0. The fourth-order valence-electron chi connectivity index (χ4n) is 1.12. The van der Waals surface area contributed by atoms with Gasteiger partial charge in [0.1, 0.15) is 5.82 Å². The highest BCUT2D eigenvalue weighted by Crippen LogP contribution is 2.23. The molecule has 4 N–H and O–H groups in total. The van der Waals surface area contributed by atoms with Gasteiger partial charge in [0.05, 0.1) is 11.0 Å². The summed E-state index contributed by atoms with van der Waals surface area (Å²) in [5, 5.41) is 10.5. The van der Waals surface area contributed by atoms with Gasteiger partial charge in [-0.15, -0.1) is 0 Å². The van der Waals surface area contributed by atoms with E-state index in [-0.39, 0.29) is 17.8 Å². The van der Waals surface area contributed by atoms with Crippen LogP contribution < -0.4 is 11.5 Å². The molecular formula is C8H10FN3O2. The molecule has 5 nitrogen and oxygen atoms in total. The molecule has 0 aliphatic rings. The van der Waals surface area contributed by atoms with Crippen LogP contribution in [0.25, 0.3) is 0 Å². The van der Waals surface area contributed by atoms with Crippen LogP contribution in [0.2, 0.25) is 0 Å². The Morgan fingerprint density at radius 3 is 2.71 bits per heavy atom. The minimum Gasteiger partial charge on any atom is -0.329 e. The van der Waals surface area contributed by atoms with Crippen LogP contribution in [0.4, 0.5) is 10.1 Å². The van der Waals surface area contributed by atoms with E-state index in [0.29, 0.717) is 0 Å². The molecular weight excluding hydrogens is 189 g/mol. The molecule has 0 aliphatic heterocycles. The van der Waals surface area contributed by atoms with Gasteiger partial charge in [-0.05, 0) is 12.1 Å². The maximum atomic E-state index is 12.7. The molecule has 0 amide bonds. The van der Waals surface area contributed by atoms with Crippen LogP contribution in [0.1, 0.15) is 11.6 Å². The Bertz CT molecular complexity index is 356. The lowest BCUT2D eigenvalue weighted by molar-refractivity contribution is -0.385. The van der Waals surface area contributed by atoms with E-state index in [1.54, 1.807) is 0 Å². The number of nitrogens with two attached hydrogens (primary N) is 2. The largest absolute Gasteiger partial charge is 0.329 e. The first-order valence-corrected chi connectivity index (χ1v) is 3.95. The average molecular weight is 199 g/mol. The van der Waals surface area contributed by atoms with Gasteiger partial charge < -0.3 is 11.5 Å². The zero-order valence-electron chi connectivity index (χ0n) is 7.31. The fourth-order valence-corrected chi connectivity index (χ4v) is 1.12. The number of nitrogens with zero attached hydrogens (tertiary/aromatic N) is 1. The minimum atomic E-state index is -0.673. The van der Waals surface area contributed by atoms with Crippen molar-refractivity contribution in [2.75, 3.05) is 6.54 Å². The molecule has 0 aliphatic carbocycles. The second kappa shape index (κ2) is 4.12. The number of hydrogen-bond donors (Lipinski definition) is 2. The summed E-state index contributed by atoms with van der Waals surface area (Å²) in [6.45, 7) is 0.0759. The van der Waals surface area contributed by atoms with Crippen LogP contribution in [0.15, 0.2) is 18.2 Å². The van der Waals surface area contributed by atoms with Crippen molar-refractivity contribution in [2.45, 2.75) is 6.04 Å². The number of nitro benzene ring substituents is 1. The molecule has 1 atom stereocenters. The molecule has 1 rings (SSSR count). The number of halogens is 1. The standard InChI is InChI=1S/C8H10FN3O2/c9-5-1-2-6(7(11)4-10)8(3-5)12(13)14/h1-3,7H,4,10-11H2/t7-/m0/s1. The molecule has 0 saturated carbocycles. The highest BCUT2D eigenvalue weighted by molar-refractivity contribution is 5.42. The van der Waals surface area contributed by atoms with Crippen LogP contribution in [-0.4, -0.2) is 11.5 Å². The summed E-state index contributed by atoms with van der Waals surface area (Å²) in [4.78, 5) is 9.86. The summed E-state index contributed by atoms with van der Waals surface area (Å²) in [5.74, 6) is -0.662. The van der Waals surface area contributed by atoms with E-state index in [9.17, 15) is 14.5 Å². The normalized spacial score (nSPS) is 12.5. The number of benzene rings is 1. The summed E-state index contributed by atoms with van der Waals surface area (Å²) in [6.07, 6.45) is 0. The molecule has 76 valence electrons. The van der Waals surface area contributed by atoms with Crippen molar-refractivity contribution in [1.82, 2.24) is 0 Å². The van der Waals surface area contributed by atoms with Gasteiger partial charge in [-0.2, -0.15) is 0 Å². The first kappa shape index (κ1) is 10.6. The third-order valence-electron chi connectivity index (χ3n) is 1.84. The second-order valence-corrected chi connectivity index (χ2v) is 2.80. The van der Waals surface area contributed by atoms with Crippen molar-refractivity contribution in [1.29, 1.82) is 0 Å². The highest BCUT2D eigenvalue weighted by atomic mass is 19.1. The van der Waals surface area contributed by atoms with Crippen molar-refractivity contribution < 1.29 is 9.31 Å². The molecule has 6 heteroatoms. The van der Waals surface area contributed by atoms with Crippen LogP contribution in [0, 0.1) is 15.9 Å². The third kappa shape index (κ3) is 2.04. The number of rotatable bonds is 3. The highest BCUT2D eigenvalue weighted by Gasteiger charge is 2.18. The summed E-state index contributed by atoms with van der Waals surface area (Å²) in [6, 6.07) is 2.60. The van der Waals surface area contributed by atoms with Gasteiger partial charge >= 0.3 is 0 Å². The lowest BCUT2D eigenvalue weighted by atomic mass is 10.1.